The van der Waals surface area contributed by atoms with Crippen LogP contribution >= 0.6 is 0 Å². The van der Waals surface area contributed by atoms with Gasteiger partial charge in [-0.1, -0.05) is 24.3 Å². The van der Waals surface area contributed by atoms with Crippen molar-refractivity contribution >= 4 is 16.9 Å². The van der Waals surface area contributed by atoms with Gasteiger partial charge in [0.1, 0.15) is 5.69 Å². The van der Waals surface area contributed by atoms with Crippen molar-refractivity contribution in [3.05, 3.63) is 75.2 Å². The summed E-state index contributed by atoms with van der Waals surface area (Å²) >= 11 is 0. The highest BCUT2D eigenvalue weighted by Gasteiger charge is 2.27. The van der Waals surface area contributed by atoms with Crippen molar-refractivity contribution in [1.82, 2.24) is 14.5 Å². The van der Waals surface area contributed by atoms with E-state index in [2.05, 4.69) is 23.2 Å². The second-order valence-corrected chi connectivity index (χ2v) is 7.47. The van der Waals surface area contributed by atoms with E-state index in [1.165, 1.54) is 11.1 Å². The molecule has 0 radical (unpaired) electrons. The summed E-state index contributed by atoms with van der Waals surface area (Å²) in [6.07, 6.45) is 3.13. The summed E-state index contributed by atoms with van der Waals surface area (Å²) in [6.45, 7) is 4.23. The van der Waals surface area contributed by atoms with Gasteiger partial charge in [-0.05, 0) is 62.4 Å². The minimum absolute atomic E-state index is 0.0164. The van der Waals surface area contributed by atoms with Crippen molar-refractivity contribution in [2.45, 2.75) is 45.7 Å². The van der Waals surface area contributed by atoms with Gasteiger partial charge in [-0.2, -0.15) is 0 Å². The molecular weight excluding hydrogens is 350 g/mol. The molecule has 0 saturated carbocycles. The largest absolute Gasteiger partial charge is 0.335 e. The van der Waals surface area contributed by atoms with Crippen molar-refractivity contribution in [2.75, 3.05) is 7.05 Å². The van der Waals surface area contributed by atoms with Crippen LogP contribution in [0.4, 0.5) is 0 Å². The van der Waals surface area contributed by atoms with Gasteiger partial charge < -0.3 is 9.47 Å². The number of aromatic nitrogens is 2. The predicted molar refractivity (Wildman–Crippen MR) is 111 cm³/mol. The van der Waals surface area contributed by atoms with E-state index < -0.39 is 0 Å². The van der Waals surface area contributed by atoms with Crippen molar-refractivity contribution < 1.29 is 4.79 Å². The second-order valence-electron chi connectivity index (χ2n) is 7.47. The van der Waals surface area contributed by atoms with Crippen molar-refractivity contribution in [3.63, 3.8) is 0 Å². The van der Waals surface area contributed by atoms with Crippen LogP contribution in [0.1, 0.15) is 53.0 Å². The zero-order chi connectivity index (χ0) is 19.8. The standard InChI is InChI=1S/C23H25N3O2/c1-4-26-21-13-12-17(14-19(21)24-15(2)22(26)27)23(28)25(3)20-11-7-9-16-8-5-6-10-18(16)20/h5-6,8,10,12-14,20H,4,7,9,11H2,1-3H3/t20-/m0/s1. The van der Waals surface area contributed by atoms with E-state index in [9.17, 15) is 9.59 Å². The van der Waals surface area contributed by atoms with E-state index in [0.29, 0.717) is 23.3 Å². The molecule has 0 spiro atoms. The summed E-state index contributed by atoms with van der Waals surface area (Å²) in [6, 6.07) is 13.9. The number of hydrogen-bond donors (Lipinski definition) is 0. The molecule has 0 unspecified atom stereocenters. The van der Waals surface area contributed by atoms with Crippen LogP contribution in [0.2, 0.25) is 0 Å². The Morgan fingerprint density at radius 3 is 2.82 bits per heavy atom. The molecule has 28 heavy (non-hydrogen) atoms. The Bertz CT molecular complexity index is 1120. The third-order valence-electron chi connectivity index (χ3n) is 5.80. The third kappa shape index (κ3) is 3.01. The number of amides is 1. The Morgan fingerprint density at radius 1 is 1.25 bits per heavy atom. The highest BCUT2D eigenvalue weighted by Crippen LogP contribution is 2.34. The first-order valence-corrected chi connectivity index (χ1v) is 9.87. The summed E-state index contributed by atoms with van der Waals surface area (Å²) in [5, 5.41) is 0. The molecule has 3 aromatic rings. The molecule has 1 amide bonds. The number of aryl methyl sites for hydroxylation is 3. The van der Waals surface area contributed by atoms with Crippen LogP contribution in [0.15, 0.2) is 47.3 Å². The Balaban J connectivity index is 1.71. The summed E-state index contributed by atoms with van der Waals surface area (Å²) in [4.78, 5) is 31.8. The second kappa shape index (κ2) is 7.23. The van der Waals surface area contributed by atoms with Gasteiger partial charge in [0.05, 0.1) is 17.1 Å². The monoisotopic (exact) mass is 375 g/mol. The van der Waals surface area contributed by atoms with E-state index in [4.69, 9.17) is 0 Å². The molecule has 0 bridgehead atoms. The molecule has 5 heteroatoms. The average molecular weight is 375 g/mol. The van der Waals surface area contributed by atoms with Gasteiger partial charge in [-0.3, -0.25) is 9.59 Å². The van der Waals surface area contributed by atoms with Crippen molar-refractivity contribution in [2.24, 2.45) is 0 Å². The maximum Gasteiger partial charge on any atom is 0.272 e. The number of nitrogens with zero attached hydrogens (tertiary/aromatic N) is 3. The van der Waals surface area contributed by atoms with Crippen LogP contribution in [0.3, 0.4) is 0 Å². The highest BCUT2D eigenvalue weighted by molar-refractivity contribution is 5.97. The zero-order valence-electron chi connectivity index (χ0n) is 16.6. The normalized spacial score (nSPS) is 16.0. The fourth-order valence-electron chi connectivity index (χ4n) is 4.30. The molecule has 144 valence electrons. The minimum Gasteiger partial charge on any atom is -0.335 e. The minimum atomic E-state index is -0.0787. The molecule has 1 atom stereocenters. The lowest BCUT2D eigenvalue weighted by atomic mass is 9.87. The Hall–Kier alpha value is -2.95. The molecule has 1 heterocycles. The molecule has 0 N–H and O–H groups in total. The van der Waals surface area contributed by atoms with Crippen LogP contribution < -0.4 is 5.56 Å². The molecule has 0 saturated heterocycles. The topological polar surface area (TPSA) is 55.2 Å². The molecule has 0 aliphatic heterocycles. The maximum atomic E-state index is 13.2. The molecular formula is C23H25N3O2. The molecule has 0 fully saturated rings. The Kier molecular flexibility index (Phi) is 4.75. The van der Waals surface area contributed by atoms with Gasteiger partial charge in [0.25, 0.3) is 11.5 Å². The van der Waals surface area contributed by atoms with Crippen LogP contribution in [-0.4, -0.2) is 27.4 Å². The van der Waals surface area contributed by atoms with Crippen LogP contribution in [0, 0.1) is 6.92 Å². The lowest BCUT2D eigenvalue weighted by Crippen LogP contribution is -2.33. The van der Waals surface area contributed by atoms with Gasteiger partial charge in [-0.25, -0.2) is 4.98 Å². The average Bonchev–Trinajstić information content (AvgIpc) is 2.73. The molecule has 1 aromatic heterocycles. The fraction of sp³-hybridized carbons (Fsp3) is 0.348. The molecule has 2 aromatic carbocycles. The van der Waals surface area contributed by atoms with Crippen LogP contribution in [0.5, 0.6) is 0 Å². The van der Waals surface area contributed by atoms with E-state index in [0.717, 1.165) is 24.8 Å². The first kappa shape index (κ1) is 18.4. The van der Waals surface area contributed by atoms with Crippen molar-refractivity contribution in [3.8, 4) is 0 Å². The summed E-state index contributed by atoms with van der Waals surface area (Å²) in [7, 11) is 1.88. The SMILES string of the molecule is CCn1c(=O)c(C)nc2cc(C(=O)N(C)[C@H]3CCCc4ccccc43)ccc21. The lowest BCUT2D eigenvalue weighted by Gasteiger charge is -2.33. The Morgan fingerprint density at radius 2 is 2.04 bits per heavy atom. The number of carbonyl (C=O) groups excluding carboxylic acids is 1. The summed E-state index contributed by atoms with van der Waals surface area (Å²) in [5.74, 6) is -0.0164. The number of benzene rings is 2. The van der Waals surface area contributed by atoms with Crippen molar-refractivity contribution in [1.29, 1.82) is 0 Å². The molecule has 1 aliphatic carbocycles. The molecule has 1 aliphatic rings. The van der Waals surface area contributed by atoms with Crippen LogP contribution in [0.25, 0.3) is 11.0 Å². The van der Waals surface area contributed by atoms with E-state index in [-0.39, 0.29) is 17.5 Å². The lowest BCUT2D eigenvalue weighted by molar-refractivity contribution is 0.0715. The van der Waals surface area contributed by atoms with Crippen LogP contribution in [-0.2, 0) is 13.0 Å². The van der Waals surface area contributed by atoms with Gasteiger partial charge >= 0.3 is 0 Å². The van der Waals surface area contributed by atoms with Gasteiger partial charge in [0.2, 0.25) is 0 Å². The first-order valence-electron chi connectivity index (χ1n) is 9.87. The summed E-state index contributed by atoms with van der Waals surface area (Å²) in [5.41, 5.74) is 5.01. The Labute approximate surface area is 164 Å². The smallest absolute Gasteiger partial charge is 0.272 e. The van der Waals surface area contributed by atoms with E-state index in [1.54, 1.807) is 17.6 Å². The number of hydrogen-bond acceptors (Lipinski definition) is 3. The molecule has 5 nitrogen and oxygen atoms in total. The predicted octanol–water partition coefficient (Wildman–Crippen LogP) is 3.87. The van der Waals surface area contributed by atoms with Gasteiger partial charge in [0.15, 0.2) is 0 Å². The number of rotatable bonds is 3. The summed E-state index contributed by atoms with van der Waals surface area (Å²) < 4.78 is 1.70. The van der Waals surface area contributed by atoms with E-state index >= 15 is 0 Å². The van der Waals surface area contributed by atoms with Gasteiger partial charge in [0, 0.05) is 19.2 Å². The molecule has 4 rings (SSSR count). The van der Waals surface area contributed by atoms with E-state index in [1.807, 2.05) is 37.1 Å². The fourth-order valence-corrected chi connectivity index (χ4v) is 4.30. The maximum absolute atomic E-state index is 13.2. The zero-order valence-corrected chi connectivity index (χ0v) is 16.6. The number of carbonyl (C=O) groups is 1. The number of fused-ring (bicyclic) bond motifs is 2. The quantitative estimate of drug-likeness (QED) is 0.698. The third-order valence-corrected chi connectivity index (χ3v) is 5.80. The van der Waals surface area contributed by atoms with Gasteiger partial charge in [-0.15, -0.1) is 0 Å². The first-order chi connectivity index (χ1) is 13.5. The highest BCUT2D eigenvalue weighted by atomic mass is 16.2.